The van der Waals surface area contributed by atoms with E-state index in [0.29, 0.717) is 12.3 Å². The summed E-state index contributed by atoms with van der Waals surface area (Å²) in [7, 11) is 0. The van der Waals surface area contributed by atoms with Crippen molar-refractivity contribution >= 4 is 5.97 Å². The van der Waals surface area contributed by atoms with Gasteiger partial charge in [0.2, 0.25) is 0 Å². The van der Waals surface area contributed by atoms with Crippen molar-refractivity contribution in [2.75, 3.05) is 13.1 Å². The minimum atomic E-state index is -0.682. The average molecular weight is 211 g/mol. The summed E-state index contributed by atoms with van der Waals surface area (Å²) < 4.78 is 0. The van der Waals surface area contributed by atoms with Gasteiger partial charge >= 0.3 is 5.97 Å². The van der Waals surface area contributed by atoms with Crippen LogP contribution in [0.2, 0.25) is 0 Å². The number of likely N-dealkylation sites (tertiary alicyclic amines) is 1. The number of piperidine rings is 1. The van der Waals surface area contributed by atoms with Gasteiger partial charge in [0, 0.05) is 25.0 Å². The summed E-state index contributed by atoms with van der Waals surface area (Å²) in [6.45, 7) is 9.91. The van der Waals surface area contributed by atoms with Gasteiger partial charge in [-0.3, -0.25) is 9.69 Å². The van der Waals surface area contributed by atoms with Crippen LogP contribution in [0.1, 0.15) is 33.1 Å². The Labute approximate surface area is 91.8 Å². The number of carboxylic acids is 1. The average Bonchev–Trinajstić information content (AvgIpc) is 2.11. The monoisotopic (exact) mass is 211 g/mol. The van der Waals surface area contributed by atoms with Crippen molar-refractivity contribution in [2.24, 2.45) is 5.92 Å². The fourth-order valence-electron chi connectivity index (χ4n) is 2.26. The van der Waals surface area contributed by atoms with Gasteiger partial charge in [-0.2, -0.15) is 0 Å². The van der Waals surface area contributed by atoms with E-state index < -0.39 is 5.97 Å². The minimum absolute atomic E-state index is 0.184. The number of nitrogens with zero attached hydrogens (tertiary/aromatic N) is 1. The summed E-state index contributed by atoms with van der Waals surface area (Å²) in [5.74, 6) is -0.381. The van der Waals surface area contributed by atoms with E-state index in [0.717, 1.165) is 25.9 Å². The van der Waals surface area contributed by atoms with Crippen LogP contribution in [0.5, 0.6) is 0 Å². The quantitative estimate of drug-likeness (QED) is 0.724. The van der Waals surface area contributed by atoms with Crippen LogP contribution < -0.4 is 0 Å². The van der Waals surface area contributed by atoms with Crippen molar-refractivity contribution in [1.29, 1.82) is 0 Å². The summed E-state index contributed by atoms with van der Waals surface area (Å²) in [6.07, 6.45) is 4.28. The molecule has 1 atom stereocenters. The summed E-state index contributed by atoms with van der Waals surface area (Å²) in [4.78, 5) is 13.0. The number of carbonyl (C=O) groups is 1. The predicted molar refractivity (Wildman–Crippen MR) is 60.8 cm³/mol. The Morgan fingerprint density at radius 1 is 1.67 bits per heavy atom. The maximum Gasteiger partial charge on any atom is 0.303 e. The van der Waals surface area contributed by atoms with E-state index in [1.54, 1.807) is 0 Å². The molecule has 1 heterocycles. The number of aliphatic carboxylic acids is 1. The third-order valence-corrected chi connectivity index (χ3v) is 3.31. The number of hydrogen-bond donors (Lipinski definition) is 1. The Morgan fingerprint density at radius 3 is 2.87 bits per heavy atom. The molecule has 86 valence electrons. The molecule has 1 fully saturated rings. The topological polar surface area (TPSA) is 40.5 Å². The lowest BCUT2D eigenvalue weighted by molar-refractivity contribution is -0.138. The molecule has 1 aliphatic rings. The highest BCUT2D eigenvalue weighted by Crippen LogP contribution is 2.31. The molecule has 15 heavy (non-hydrogen) atoms. The zero-order valence-corrected chi connectivity index (χ0v) is 9.70. The van der Waals surface area contributed by atoms with E-state index in [2.05, 4.69) is 25.3 Å². The van der Waals surface area contributed by atoms with Crippen molar-refractivity contribution in [1.82, 2.24) is 4.90 Å². The van der Waals surface area contributed by atoms with Crippen LogP contribution in [-0.2, 0) is 4.79 Å². The van der Waals surface area contributed by atoms with Gasteiger partial charge in [-0.1, -0.05) is 6.08 Å². The Hall–Kier alpha value is -0.830. The first-order chi connectivity index (χ1) is 6.95. The molecule has 0 radical (unpaired) electrons. The lowest BCUT2D eigenvalue weighted by Gasteiger charge is -2.45. The summed E-state index contributed by atoms with van der Waals surface area (Å²) in [6, 6.07) is 0. The molecule has 0 bridgehead atoms. The molecule has 1 N–H and O–H groups in total. The molecule has 0 aliphatic carbocycles. The van der Waals surface area contributed by atoms with E-state index >= 15 is 0 Å². The van der Waals surface area contributed by atoms with E-state index in [4.69, 9.17) is 5.11 Å². The second-order valence-corrected chi connectivity index (χ2v) is 5.01. The van der Waals surface area contributed by atoms with Crippen molar-refractivity contribution in [3.05, 3.63) is 12.7 Å². The molecule has 1 rings (SSSR count). The van der Waals surface area contributed by atoms with Gasteiger partial charge in [-0.15, -0.1) is 6.58 Å². The Bertz CT molecular complexity index is 248. The Balaban J connectivity index is 2.57. The minimum Gasteiger partial charge on any atom is -0.481 e. The number of hydrogen-bond acceptors (Lipinski definition) is 2. The molecular weight excluding hydrogens is 190 g/mol. The summed E-state index contributed by atoms with van der Waals surface area (Å²) in [5, 5.41) is 8.77. The summed E-state index contributed by atoms with van der Waals surface area (Å²) in [5.41, 5.74) is 0.184. The fourth-order valence-corrected chi connectivity index (χ4v) is 2.26. The molecule has 0 amide bonds. The molecule has 0 aromatic carbocycles. The van der Waals surface area contributed by atoms with Crippen molar-refractivity contribution in [3.63, 3.8) is 0 Å². The maximum absolute atomic E-state index is 10.7. The zero-order chi connectivity index (χ0) is 11.5. The van der Waals surface area contributed by atoms with E-state index in [1.165, 1.54) is 0 Å². The first-order valence-corrected chi connectivity index (χ1v) is 5.53. The van der Waals surface area contributed by atoms with E-state index in [1.807, 2.05) is 6.08 Å². The largest absolute Gasteiger partial charge is 0.481 e. The van der Waals surface area contributed by atoms with Crippen LogP contribution in [0, 0.1) is 5.92 Å². The van der Waals surface area contributed by atoms with Gasteiger partial charge < -0.3 is 5.11 Å². The zero-order valence-electron chi connectivity index (χ0n) is 9.70. The van der Waals surface area contributed by atoms with Crippen molar-refractivity contribution < 1.29 is 9.90 Å². The predicted octanol–water partition coefficient (Wildman–Crippen LogP) is 2.14. The Morgan fingerprint density at radius 2 is 2.33 bits per heavy atom. The van der Waals surface area contributed by atoms with Gasteiger partial charge in [0.25, 0.3) is 0 Å². The molecule has 1 unspecified atom stereocenters. The molecule has 3 heteroatoms. The normalized spacial score (nSPS) is 26.1. The highest BCUT2D eigenvalue weighted by molar-refractivity contribution is 5.67. The van der Waals surface area contributed by atoms with E-state index in [-0.39, 0.29) is 5.54 Å². The molecule has 0 spiro atoms. The second-order valence-electron chi connectivity index (χ2n) is 5.01. The first kappa shape index (κ1) is 12.2. The van der Waals surface area contributed by atoms with Gasteiger partial charge in [-0.25, -0.2) is 0 Å². The summed E-state index contributed by atoms with van der Waals surface area (Å²) >= 11 is 0. The molecule has 0 aromatic heterocycles. The van der Waals surface area contributed by atoms with Gasteiger partial charge in [-0.05, 0) is 32.6 Å². The lowest BCUT2D eigenvalue weighted by Crippen LogP contribution is -2.50. The third-order valence-electron chi connectivity index (χ3n) is 3.31. The van der Waals surface area contributed by atoms with Crippen LogP contribution in [0.3, 0.4) is 0 Å². The van der Waals surface area contributed by atoms with Crippen LogP contribution >= 0.6 is 0 Å². The standard InChI is InChI=1S/C12H21NO2/c1-4-7-13-9-10(8-11(14)15)5-6-12(13,2)3/h4,10H,1,5-9H2,2-3H3,(H,14,15). The number of carboxylic acid groups (broad SMARTS) is 1. The van der Waals surface area contributed by atoms with Crippen LogP contribution in [0.25, 0.3) is 0 Å². The lowest BCUT2D eigenvalue weighted by atomic mass is 9.83. The van der Waals surface area contributed by atoms with Crippen LogP contribution in [-0.4, -0.2) is 34.6 Å². The molecule has 0 saturated carbocycles. The highest BCUT2D eigenvalue weighted by Gasteiger charge is 2.33. The Kier molecular flexibility index (Phi) is 3.91. The molecule has 1 aliphatic heterocycles. The van der Waals surface area contributed by atoms with Gasteiger partial charge in [0.15, 0.2) is 0 Å². The molecular formula is C12H21NO2. The molecule has 0 aromatic rings. The first-order valence-electron chi connectivity index (χ1n) is 5.53. The molecule has 1 saturated heterocycles. The SMILES string of the molecule is C=CCN1CC(CC(=O)O)CCC1(C)C. The van der Waals surface area contributed by atoms with Gasteiger partial charge in [0.05, 0.1) is 0 Å². The van der Waals surface area contributed by atoms with Crippen LogP contribution in [0.15, 0.2) is 12.7 Å². The maximum atomic E-state index is 10.7. The third kappa shape index (κ3) is 3.34. The van der Waals surface area contributed by atoms with Crippen LogP contribution in [0.4, 0.5) is 0 Å². The fraction of sp³-hybridized carbons (Fsp3) is 0.750. The molecule has 3 nitrogen and oxygen atoms in total. The van der Waals surface area contributed by atoms with Gasteiger partial charge in [0.1, 0.15) is 0 Å². The van der Waals surface area contributed by atoms with Crippen molar-refractivity contribution in [2.45, 2.75) is 38.6 Å². The highest BCUT2D eigenvalue weighted by atomic mass is 16.4. The van der Waals surface area contributed by atoms with Crippen molar-refractivity contribution in [3.8, 4) is 0 Å². The smallest absolute Gasteiger partial charge is 0.303 e. The second kappa shape index (κ2) is 4.79. The number of rotatable bonds is 4. The van der Waals surface area contributed by atoms with E-state index in [9.17, 15) is 4.79 Å².